The van der Waals surface area contributed by atoms with Crippen molar-refractivity contribution in [1.29, 1.82) is 0 Å². The normalized spacial score (nSPS) is 22.4. The first kappa shape index (κ1) is 10.5. The predicted molar refractivity (Wildman–Crippen MR) is 44.3 cm³/mol. The van der Waals surface area contributed by atoms with Crippen LogP contribution < -0.4 is 10.6 Å². The maximum atomic E-state index is 10.0. The molecular weight excluding hydrogens is 168 g/mol. The minimum absolute atomic E-state index is 0. The van der Waals surface area contributed by atoms with Gasteiger partial charge in [-0.25, -0.2) is 4.79 Å². The molecule has 0 radical (unpaired) electrons. The molecule has 1 amide bonds. The first-order chi connectivity index (χ1) is 4.79. The molecule has 11 heavy (non-hydrogen) atoms. The lowest BCUT2D eigenvalue weighted by Gasteiger charge is -2.08. The lowest BCUT2D eigenvalue weighted by molar-refractivity contribution is 0.193. The summed E-state index contributed by atoms with van der Waals surface area (Å²) in [6, 6.07) is 0.357. The molecule has 1 aliphatic rings. The molecule has 0 saturated carbocycles. The van der Waals surface area contributed by atoms with Crippen LogP contribution in [0.5, 0.6) is 0 Å². The van der Waals surface area contributed by atoms with Gasteiger partial charge in [0.2, 0.25) is 0 Å². The van der Waals surface area contributed by atoms with E-state index in [4.69, 9.17) is 5.11 Å². The van der Waals surface area contributed by atoms with Crippen molar-refractivity contribution in [1.82, 2.24) is 10.6 Å². The van der Waals surface area contributed by atoms with E-state index in [0.717, 1.165) is 19.4 Å². The summed E-state index contributed by atoms with van der Waals surface area (Å²) in [7, 11) is 0. The second-order valence-electron chi connectivity index (χ2n) is 2.48. The lowest BCUT2D eigenvalue weighted by atomic mass is 10.2. The molecule has 0 aliphatic carbocycles. The molecule has 1 heterocycles. The first-order valence-corrected chi connectivity index (χ1v) is 3.49. The molecule has 5 heteroatoms. The number of amides is 1. The van der Waals surface area contributed by atoms with Crippen LogP contribution in [-0.4, -0.2) is 30.3 Å². The van der Waals surface area contributed by atoms with Crippen LogP contribution in [0.1, 0.15) is 12.8 Å². The third kappa shape index (κ3) is 4.06. The van der Waals surface area contributed by atoms with Gasteiger partial charge in [-0.05, 0) is 19.4 Å². The summed E-state index contributed by atoms with van der Waals surface area (Å²) >= 11 is 0. The summed E-state index contributed by atoms with van der Waals surface area (Å²) in [6.07, 6.45) is 1.31. The molecule has 66 valence electrons. The van der Waals surface area contributed by atoms with Crippen LogP contribution in [0.4, 0.5) is 4.79 Å². The smallest absolute Gasteiger partial charge is 0.404 e. The number of carbonyl (C=O) groups is 1. The van der Waals surface area contributed by atoms with Crippen molar-refractivity contribution in [3.63, 3.8) is 0 Å². The maximum Gasteiger partial charge on any atom is 0.404 e. The molecule has 0 spiro atoms. The Kier molecular flexibility index (Phi) is 4.98. The Morgan fingerprint density at radius 1 is 1.73 bits per heavy atom. The largest absolute Gasteiger partial charge is 0.465 e. The molecule has 0 aromatic heterocycles. The van der Waals surface area contributed by atoms with Crippen molar-refractivity contribution >= 4 is 18.5 Å². The number of carboxylic acid groups (broad SMARTS) is 1. The molecule has 1 saturated heterocycles. The van der Waals surface area contributed by atoms with Crippen molar-refractivity contribution in [2.24, 2.45) is 0 Å². The van der Waals surface area contributed by atoms with E-state index in [-0.39, 0.29) is 12.4 Å². The highest BCUT2D eigenvalue weighted by Gasteiger charge is 2.13. The second-order valence-corrected chi connectivity index (χ2v) is 2.48. The van der Waals surface area contributed by atoms with E-state index in [0.29, 0.717) is 12.6 Å². The molecule has 3 N–H and O–H groups in total. The van der Waals surface area contributed by atoms with Gasteiger partial charge in [0.25, 0.3) is 0 Å². The zero-order valence-corrected chi connectivity index (χ0v) is 6.99. The average molecular weight is 181 g/mol. The Bertz CT molecular complexity index is 126. The van der Waals surface area contributed by atoms with Gasteiger partial charge in [0.15, 0.2) is 0 Å². The van der Waals surface area contributed by atoms with Crippen LogP contribution in [0.3, 0.4) is 0 Å². The van der Waals surface area contributed by atoms with E-state index >= 15 is 0 Å². The van der Waals surface area contributed by atoms with Gasteiger partial charge in [0.05, 0.1) is 0 Å². The molecule has 1 aliphatic heterocycles. The van der Waals surface area contributed by atoms with E-state index in [1.165, 1.54) is 0 Å². The monoisotopic (exact) mass is 180 g/mol. The quantitative estimate of drug-likeness (QED) is 0.578. The van der Waals surface area contributed by atoms with Crippen LogP contribution in [-0.2, 0) is 0 Å². The SMILES string of the molecule is Cl.O=C(O)NC[C@H]1CCCN1. The molecular formula is C6H13ClN2O2. The minimum atomic E-state index is -0.936. The van der Waals surface area contributed by atoms with Crippen molar-refractivity contribution in [2.45, 2.75) is 18.9 Å². The molecule has 0 aromatic rings. The van der Waals surface area contributed by atoms with Gasteiger partial charge >= 0.3 is 6.09 Å². The van der Waals surface area contributed by atoms with Gasteiger partial charge in [-0.3, -0.25) is 0 Å². The van der Waals surface area contributed by atoms with Crippen molar-refractivity contribution in [2.75, 3.05) is 13.1 Å². The topological polar surface area (TPSA) is 61.4 Å². The third-order valence-electron chi connectivity index (χ3n) is 1.66. The standard InChI is InChI=1S/C6H12N2O2.ClH/c9-6(10)8-4-5-2-1-3-7-5;/h5,7-8H,1-4H2,(H,9,10);1H/t5-;/m1./s1. The Labute approximate surface area is 71.8 Å². The van der Waals surface area contributed by atoms with Gasteiger partial charge < -0.3 is 15.7 Å². The molecule has 1 rings (SSSR count). The van der Waals surface area contributed by atoms with E-state index in [2.05, 4.69) is 10.6 Å². The third-order valence-corrected chi connectivity index (χ3v) is 1.66. The molecule has 1 fully saturated rings. The Morgan fingerprint density at radius 3 is 2.91 bits per heavy atom. The van der Waals surface area contributed by atoms with Crippen molar-refractivity contribution in [3.8, 4) is 0 Å². The summed E-state index contributed by atoms with van der Waals surface area (Å²) in [5, 5.41) is 13.8. The van der Waals surface area contributed by atoms with Gasteiger partial charge in [0.1, 0.15) is 0 Å². The zero-order valence-electron chi connectivity index (χ0n) is 6.17. The summed E-state index contributed by atoms with van der Waals surface area (Å²) in [5.74, 6) is 0. The number of hydrogen-bond acceptors (Lipinski definition) is 2. The van der Waals surface area contributed by atoms with Crippen LogP contribution in [0.15, 0.2) is 0 Å². The molecule has 0 unspecified atom stereocenters. The second kappa shape index (κ2) is 5.21. The average Bonchev–Trinajstić information content (AvgIpc) is 2.34. The van der Waals surface area contributed by atoms with Crippen LogP contribution in [0, 0.1) is 0 Å². The van der Waals surface area contributed by atoms with Crippen LogP contribution in [0.25, 0.3) is 0 Å². The number of rotatable bonds is 2. The summed E-state index contributed by atoms with van der Waals surface area (Å²) in [5.41, 5.74) is 0. The highest BCUT2D eigenvalue weighted by molar-refractivity contribution is 5.85. The fourth-order valence-corrected chi connectivity index (χ4v) is 1.14. The number of nitrogens with one attached hydrogen (secondary N) is 2. The fraction of sp³-hybridized carbons (Fsp3) is 0.833. The van der Waals surface area contributed by atoms with Gasteiger partial charge in [0, 0.05) is 12.6 Å². The number of hydrogen-bond donors (Lipinski definition) is 3. The summed E-state index contributed by atoms with van der Waals surface area (Å²) in [4.78, 5) is 10.0. The zero-order chi connectivity index (χ0) is 7.40. The Balaban J connectivity index is 0.000001000. The van der Waals surface area contributed by atoms with Gasteiger partial charge in [-0.2, -0.15) is 0 Å². The molecule has 4 nitrogen and oxygen atoms in total. The Morgan fingerprint density at radius 2 is 2.45 bits per heavy atom. The minimum Gasteiger partial charge on any atom is -0.465 e. The number of halogens is 1. The highest BCUT2D eigenvalue weighted by Crippen LogP contribution is 2.02. The van der Waals surface area contributed by atoms with Gasteiger partial charge in [-0.1, -0.05) is 0 Å². The molecule has 1 atom stereocenters. The van der Waals surface area contributed by atoms with E-state index in [1.54, 1.807) is 0 Å². The summed E-state index contributed by atoms with van der Waals surface area (Å²) < 4.78 is 0. The fourth-order valence-electron chi connectivity index (χ4n) is 1.14. The molecule has 0 bridgehead atoms. The van der Waals surface area contributed by atoms with E-state index in [9.17, 15) is 4.79 Å². The van der Waals surface area contributed by atoms with Crippen molar-refractivity contribution in [3.05, 3.63) is 0 Å². The van der Waals surface area contributed by atoms with E-state index < -0.39 is 6.09 Å². The molecule has 0 aromatic carbocycles. The van der Waals surface area contributed by atoms with E-state index in [1.807, 2.05) is 0 Å². The van der Waals surface area contributed by atoms with Gasteiger partial charge in [-0.15, -0.1) is 12.4 Å². The van der Waals surface area contributed by atoms with Crippen LogP contribution >= 0.6 is 12.4 Å². The highest BCUT2D eigenvalue weighted by atomic mass is 35.5. The predicted octanol–water partition coefficient (Wildman–Crippen LogP) is 0.428. The first-order valence-electron chi connectivity index (χ1n) is 3.49. The van der Waals surface area contributed by atoms with Crippen molar-refractivity contribution < 1.29 is 9.90 Å². The maximum absolute atomic E-state index is 10.0. The lowest BCUT2D eigenvalue weighted by Crippen LogP contribution is -2.36. The Hall–Kier alpha value is -0.480. The van der Waals surface area contributed by atoms with Crippen LogP contribution in [0.2, 0.25) is 0 Å². The summed E-state index contributed by atoms with van der Waals surface area (Å²) in [6.45, 7) is 1.56.